The van der Waals surface area contributed by atoms with Gasteiger partial charge in [-0.25, -0.2) is 5.43 Å². The van der Waals surface area contributed by atoms with Crippen molar-refractivity contribution in [2.75, 3.05) is 23.9 Å². The minimum Gasteiger partial charge on any atom is -0.378 e. The first-order valence-electron chi connectivity index (χ1n) is 10.4. The zero-order valence-corrected chi connectivity index (χ0v) is 18.2. The molecule has 5 nitrogen and oxygen atoms in total. The SMILES string of the molecule is CN(C)c1ccc(/C=N/NC(=O)c2ccc3c(c2)CN(c2cccc(C(F)(F)F)c2)C3)cc1. The number of hydrogen-bond donors (Lipinski definition) is 1. The standard InChI is InChI=1S/C25H23F3N4O/c1-31(2)22-10-6-17(7-11-22)14-29-30-24(33)18-8-9-19-15-32(16-20(19)12-18)23-5-3-4-21(13-23)25(26,27)28/h3-14H,15-16H2,1-2H3,(H,30,33)/b29-14+. The Morgan fingerprint density at radius 1 is 1.00 bits per heavy atom. The number of benzene rings is 3. The van der Waals surface area contributed by atoms with Crippen molar-refractivity contribution in [3.8, 4) is 0 Å². The molecule has 0 fully saturated rings. The summed E-state index contributed by atoms with van der Waals surface area (Å²) in [6.45, 7) is 0.916. The van der Waals surface area contributed by atoms with Gasteiger partial charge in [0, 0.05) is 44.1 Å². The number of amides is 1. The Balaban J connectivity index is 1.41. The molecule has 0 unspecified atom stereocenters. The van der Waals surface area contributed by atoms with Gasteiger partial charge in [0.25, 0.3) is 5.91 Å². The lowest BCUT2D eigenvalue weighted by Crippen LogP contribution is -2.18. The van der Waals surface area contributed by atoms with Crippen molar-refractivity contribution in [1.82, 2.24) is 5.43 Å². The van der Waals surface area contributed by atoms with Crippen LogP contribution in [-0.4, -0.2) is 26.2 Å². The van der Waals surface area contributed by atoms with Crippen molar-refractivity contribution in [3.63, 3.8) is 0 Å². The highest BCUT2D eigenvalue weighted by atomic mass is 19.4. The Bertz CT molecular complexity index is 1190. The third kappa shape index (κ3) is 5.16. The van der Waals surface area contributed by atoms with Crippen molar-refractivity contribution >= 4 is 23.5 Å². The van der Waals surface area contributed by atoms with E-state index in [0.29, 0.717) is 24.3 Å². The predicted molar refractivity (Wildman–Crippen MR) is 124 cm³/mol. The highest BCUT2D eigenvalue weighted by Crippen LogP contribution is 2.34. The van der Waals surface area contributed by atoms with Crippen LogP contribution in [0.4, 0.5) is 24.5 Å². The maximum absolute atomic E-state index is 13.0. The molecule has 3 aromatic carbocycles. The summed E-state index contributed by atoms with van der Waals surface area (Å²) in [4.78, 5) is 16.4. The second kappa shape index (κ2) is 8.97. The highest BCUT2D eigenvalue weighted by molar-refractivity contribution is 5.95. The van der Waals surface area contributed by atoms with Crippen LogP contribution in [0.5, 0.6) is 0 Å². The van der Waals surface area contributed by atoms with Gasteiger partial charge >= 0.3 is 6.18 Å². The lowest BCUT2D eigenvalue weighted by atomic mass is 10.1. The van der Waals surface area contributed by atoms with Crippen molar-refractivity contribution < 1.29 is 18.0 Å². The molecule has 3 aromatic rings. The number of halogens is 3. The van der Waals surface area contributed by atoms with E-state index in [1.165, 1.54) is 6.07 Å². The lowest BCUT2D eigenvalue weighted by Gasteiger charge is -2.19. The Labute approximate surface area is 190 Å². The maximum atomic E-state index is 13.0. The molecule has 0 atom stereocenters. The third-order valence-electron chi connectivity index (χ3n) is 5.52. The monoisotopic (exact) mass is 452 g/mol. The minimum absolute atomic E-state index is 0.350. The van der Waals surface area contributed by atoms with Crippen molar-refractivity contribution in [2.24, 2.45) is 5.10 Å². The van der Waals surface area contributed by atoms with Crippen LogP contribution in [0.3, 0.4) is 0 Å². The highest BCUT2D eigenvalue weighted by Gasteiger charge is 2.31. The number of nitrogens with zero attached hydrogens (tertiary/aromatic N) is 3. The van der Waals surface area contributed by atoms with Gasteiger partial charge in [-0.1, -0.05) is 24.3 Å². The summed E-state index contributed by atoms with van der Waals surface area (Å²) < 4.78 is 39.1. The molecule has 170 valence electrons. The Hall–Kier alpha value is -3.81. The Morgan fingerprint density at radius 2 is 1.73 bits per heavy atom. The van der Waals surface area contributed by atoms with Gasteiger partial charge in [0.15, 0.2) is 0 Å². The molecule has 8 heteroatoms. The fourth-order valence-corrected chi connectivity index (χ4v) is 3.69. The van der Waals surface area contributed by atoms with Crippen LogP contribution in [0.25, 0.3) is 0 Å². The van der Waals surface area contributed by atoms with E-state index in [1.54, 1.807) is 24.4 Å². The number of fused-ring (bicyclic) bond motifs is 1. The van der Waals surface area contributed by atoms with E-state index in [-0.39, 0.29) is 5.91 Å². The molecule has 0 spiro atoms. The summed E-state index contributed by atoms with van der Waals surface area (Å²) in [5.41, 5.74) is 6.59. The fourth-order valence-electron chi connectivity index (χ4n) is 3.69. The predicted octanol–water partition coefficient (Wildman–Crippen LogP) is 5.06. The number of nitrogens with one attached hydrogen (secondary N) is 1. The van der Waals surface area contributed by atoms with Crippen LogP contribution in [-0.2, 0) is 19.3 Å². The first-order valence-corrected chi connectivity index (χ1v) is 10.4. The van der Waals surface area contributed by atoms with Gasteiger partial charge in [-0.15, -0.1) is 0 Å². The minimum atomic E-state index is -4.39. The molecular weight excluding hydrogens is 429 g/mol. The van der Waals surface area contributed by atoms with E-state index in [1.807, 2.05) is 54.2 Å². The smallest absolute Gasteiger partial charge is 0.378 e. The summed E-state index contributed by atoms with van der Waals surface area (Å²) >= 11 is 0. The molecule has 1 N–H and O–H groups in total. The first-order chi connectivity index (χ1) is 15.7. The number of carbonyl (C=O) groups excluding carboxylic acids is 1. The van der Waals surface area contributed by atoms with Gasteiger partial charge < -0.3 is 9.80 Å². The van der Waals surface area contributed by atoms with Crippen molar-refractivity contribution in [2.45, 2.75) is 19.3 Å². The summed E-state index contributed by atoms with van der Waals surface area (Å²) in [7, 11) is 3.91. The third-order valence-corrected chi connectivity index (χ3v) is 5.52. The molecule has 0 radical (unpaired) electrons. The largest absolute Gasteiger partial charge is 0.416 e. The molecule has 0 aliphatic carbocycles. The summed E-state index contributed by atoms with van der Waals surface area (Å²) in [5, 5.41) is 4.03. The van der Waals surface area contributed by atoms with Crippen LogP contribution < -0.4 is 15.2 Å². The first kappa shape index (κ1) is 22.4. The quantitative estimate of drug-likeness (QED) is 0.435. The van der Waals surface area contributed by atoms with Crippen molar-refractivity contribution in [1.29, 1.82) is 0 Å². The van der Waals surface area contributed by atoms with Gasteiger partial charge in [0.05, 0.1) is 11.8 Å². The zero-order valence-electron chi connectivity index (χ0n) is 18.2. The topological polar surface area (TPSA) is 47.9 Å². The molecule has 4 rings (SSSR count). The Morgan fingerprint density at radius 3 is 2.42 bits per heavy atom. The van der Waals surface area contributed by atoms with Gasteiger partial charge in [-0.2, -0.15) is 18.3 Å². The lowest BCUT2D eigenvalue weighted by molar-refractivity contribution is -0.137. The molecule has 1 aliphatic heterocycles. The van der Waals surface area contributed by atoms with Crippen LogP contribution >= 0.6 is 0 Å². The number of rotatable bonds is 5. The maximum Gasteiger partial charge on any atom is 0.416 e. The zero-order chi connectivity index (χ0) is 23.6. The summed E-state index contributed by atoms with van der Waals surface area (Å²) in [5.74, 6) is -0.350. The van der Waals surface area contributed by atoms with Crippen LogP contribution in [0, 0.1) is 0 Å². The molecule has 1 aliphatic rings. The van der Waals surface area contributed by atoms with E-state index in [9.17, 15) is 18.0 Å². The molecule has 0 aromatic heterocycles. The average molecular weight is 452 g/mol. The van der Waals surface area contributed by atoms with E-state index in [4.69, 9.17) is 0 Å². The molecule has 33 heavy (non-hydrogen) atoms. The van der Waals surface area contributed by atoms with Gasteiger partial charge in [-0.3, -0.25) is 4.79 Å². The second-order valence-corrected chi connectivity index (χ2v) is 8.07. The van der Waals surface area contributed by atoms with E-state index in [0.717, 1.165) is 34.5 Å². The Kier molecular flexibility index (Phi) is 6.09. The second-order valence-electron chi connectivity index (χ2n) is 8.07. The summed E-state index contributed by atoms with van der Waals surface area (Å²) in [6.07, 6.45) is -2.82. The summed E-state index contributed by atoms with van der Waals surface area (Å²) in [6, 6.07) is 18.3. The average Bonchev–Trinajstić information content (AvgIpc) is 3.22. The van der Waals surface area contributed by atoms with Crippen LogP contribution in [0.15, 0.2) is 71.8 Å². The van der Waals surface area contributed by atoms with E-state index < -0.39 is 11.7 Å². The van der Waals surface area contributed by atoms with Crippen LogP contribution in [0.1, 0.15) is 32.6 Å². The van der Waals surface area contributed by atoms with Gasteiger partial charge in [0.1, 0.15) is 0 Å². The molecule has 1 amide bonds. The molecular formula is C25H23F3N4O. The molecule has 0 saturated heterocycles. The number of carbonyl (C=O) groups is 1. The van der Waals surface area contributed by atoms with Crippen molar-refractivity contribution in [3.05, 3.63) is 94.5 Å². The molecule has 1 heterocycles. The van der Waals surface area contributed by atoms with E-state index >= 15 is 0 Å². The fraction of sp³-hybridized carbons (Fsp3) is 0.200. The number of hydrazone groups is 1. The molecule has 0 bridgehead atoms. The number of hydrogen-bond acceptors (Lipinski definition) is 4. The van der Waals surface area contributed by atoms with Gasteiger partial charge in [-0.05, 0) is 59.2 Å². The number of alkyl halides is 3. The van der Waals surface area contributed by atoms with Crippen LogP contribution in [0.2, 0.25) is 0 Å². The normalized spacial score (nSPS) is 13.3. The van der Waals surface area contributed by atoms with E-state index in [2.05, 4.69) is 10.5 Å². The number of anilines is 2. The van der Waals surface area contributed by atoms with Gasteiger partial charge in [0.2, 0.25) is 0 Å². The molecule has 0 saturated carbocycles.